The van der Waals surface area contributed by atoms with Crippen LogP contribution >= 0.6 is 0 Å². The summed E-state index contributed by atoms with van der Waals surface area (Å²) in [7, 11) is 0. The molecule has 1 N–H and O–H groups in total. The minimum atomic E-state index is 0.111. The molecule has 0 radical (unpaired) electrons. The van der Waals surface area contributed by atoms with E-state index in [0.29, 0.717) is 13.1 Å². The van der Waals surface area contributed by atoms with Gasteiger partial charge in [0.1, 0.15) is 0 Å². The molecule has 1 unspecified atom stereocenters. The van der Waals surface area contributed by atoms with Crippen LogP contribution in [0, 0.1) is 0 Å². The Kier molecular flexibility index (Phi) is 8.68. The molecule has 6 heteroatoms. The smallest absolute Gasteiger partial charge is 0.236 e. The van der Waals surface area contributed by atoms with E-state index >= 15 is 0 Å². The van der Waals surface area contributed by atoms with Gasteiger partial charge < -0.3 is 10.2 Å². The molecule has 0 aromatic rings. The number of carbonyl (C=O) groups is 2. The monoisotopic (exact) mass is 352 g/mol. The summed E-state index contributed by atoms with van der Waals surface area (Å²) in [5, 5.41) is 3.02. The zero-order chi connectivity index (χ0) is 18.1. The van der Waals surface area contributed by atoms with E-state index in [0.717, 1.165) is 58.5 Å². The topological polar surface area (TPSA) is 55.9 Å². The van der Waals surface area contributed by atoms with Crippen molar-refractivity contribution in [1.29, 1.82) is 0 Å². The Morgan fingerprint density at radius 1 is 0.840 bits per heavy atom. The number of likely N-dealkylation sites (tertiary alicyclic amines) is 1. The molecule has 0 aromatic carbocycles. The lowest BCUT2D eigenvalue weighted by Crippen LogP contribution is -2.52. The Hall–Kier alpha value is -1.14. The molecular weight excluding hydrogens is 316 g/mol. The van der Waals surface area contributed by atoms with Crippen LogP contribution in [0.25, 0.3) is 0 Å². The van der Waals surface area contributed by atoms with Gasteiger partial charge in [0.15, 0.2) is 0 Å². The normalized spacial score (nSPS) is 22.1. The van der Waals surface area contributed by atoms with Crippen LogP contribution in [0.2, 0.25) is 0 Å². The SMILES string of the molecule is CCC(C)NC(=O)CN1CCN(CC(=O)N2CCCCCCC2)CC1. The predicted octanol–water partition coefficient (Wildman–Crippen LogP) is 1.31. The quantitative estimate of drug-likeness (QED) is 0.783. The number of nitrogens with zero attached hydrogens (tertiary/aromatic N) is 3. The van der Waals surface area contributed by atoms with Gasteiger partial charge in [-0.3, -0.25) is 19.4 Å². The molecule has 1 atom stereocenters. The molecule has 2 saturated heterocycles. The third-order valence-electron chi connectivity index (χ3n) is 5.42. The third kappa shape index (κ3) is 7.32. The molecule has 2 aliphatic heterocycles. The Morgan fingerprint density at radius 3 is 1.92 bits per heavy atom. The lowest BCUT2D eigenvalue weighted by atomic mass is 10.1. The fraction of sp³-hybridized carbons (Fsp3) is 0.895. The molecule has 2 fully saturated rings. The van der Waals surface area contributed by atoms with Crippen LogP contribution in [0.5, 0.6) is 0 Å². The second-order valence-electron chi connectivity index (χ2n) is 7.58. The second-order valence-corrected chi connectivity index (χ2v) is 7.58. The zero-order valence-electron chi connectivity index (χ0n) is 16.1. The maximum absolute atomic E-state index is 12.6. The van der Waals surface area contributed by atoms with Crippen molar-refractivity contribution in [3.8, 4) is 0 Å². The molecule has 6 nitrogen and oxygen atoms in total. The number of hydrogen-bond acceptors (Lipinski definition) is 4. The van der Waals surface area contributed by atoms with Gasteiger partial charge in [-0.1, -0.05) is 26.2 Å². The fourth-order valence-corrected chi connectivity index (χ4v) is 3.52. The molecule has 0 aliphatic carbocycles. The van der Waals surface area contributed by atoms with Gasteiger partial charge in [-0.15, -0.1) is 0 Å². The van der Waals surface area contributed by atoms with Gasteiger partial charge in [-0.25, -0.2) is 0 Å². The Labute approximate surface area is 152 Å². The minimum absolute atomic E-state index is 0.111. The van der Waals surface area contributed by atoms with E-state index in [1.165, 1.54) is 19.3 Å². The van der Waals surface area contributed by atoms with Crippen LogP contribution in [0.4, 0.5) is 0 Å². The number of carbonyl (C=O) groups excluding carboxylic acids is 2. The van der Waals surface area contributed by atoms with Crippen LogP contribution in [0.15, 0.2) is 0 Å². The van der Waals surface area contributed by atoms with Crippen molar-refractivity contribution in [1.82, 2.24) is 20.0 Å². The average Bonchev–Trinajstić information content (AvgIpc) is 2.56. The first-order chi connectivity index (χ1) is 12.1. The minimum Gasteiger partial charge on any atom is -0.353 e. The summed E-state index contributed by atoms with van der Waals surface area (Å²) in [5.74, 6) is 0.393. The van der Waals surface area contributed by atoms with Crippen molar-refractivity contribution >= 4 is 11.8 Å². The Balaban J connectivity index is 1.67. The number of piperazine rings is 1. The van der Waals surface area contributed by atoms with Gasteiger partial charge in [0, 0.05) is 45.3 Å². The van der Waals surface area contributed by atoms with E-state index in [4.69, 9.17) is 0 Å². The van der Waals surface area contributed by atoms with Gasteiger partial charge in [-0.05, 0) is 26.2 Å². The van der Waals surface area contributed by atoms with Crippen molar-refractivity contribution in [2.24, 2.45) is 0 Å². The Bertz CT molecular complexity index is 414. The molecule has 2 aliphatic rings. The molecule has 2 heterocycles. The standard InChI is InChI=1S/C19H36N4O2/c1-3-17(2)20-18(24)15-21-11-13-22(14-12-21)16-19(25)23-9-7-5-4-6-8-10-23/h17H,3-16H2,1-2H3,(H,20,24). The van der Waals surface area contributed by atoms with E-state index < -0.39 is 0 Å². The predicted molar refractivity (Wildman–Crippen MR) is 100 cm³/mol. The summed E-state index contributed by atoms with van der Waals surface area (Å²) in [6.07, 6.45) is 7.06. The first-order valence-electron chi connectivity index (χ1n) is 10.1. The Morgan fingerprint density at radius 2 is 1.36 bits per heavy atom. The average molecular weight is 353 g/mol. The van der Waals surface area contributed by atoms with Crippen LogP contribution < -0.4 is 5.32 Å². The molecule has 2 amide bonds. The number of amides is 2. The highest BCUT2D eigenvalue weighted by Crippen LogP contribution is 2.11. The highest BCUT2D eigenvalue weighted by Gasteiger charge is 2.23. The van der Waals surface area contributed by atoms with E-state index in [1.54, 1.807) is 0 Å². The lowest BCUT2D eigenvalue weighted by Gasteiger charge is -2.35. The molecule has 0 aromatic heterocycles. The fourth-order valence-electron chi connectivity index (χ4n) is 3.52. The van der Waals surface area contributed by atoms with Crippen LogP contribution in [0.1, 0.15) is 52.4 Å². The highest BCUT2D eigenvalue weighted by molar-refractivity contribution is 5.79. The summed E-state index contributed by atoms with van der Waals surface area (Å²) in [4.78, 5) is 31.0. The summed E-state index contributed by atoms with van der Waals surface area (Å²) in [6, 6.07) is 0.240. The second kappa shape index (κ2) is 10.8. The maximum Gasteiger partial charge on any atom is 0.236 e. The largest absolute Gasteiger partial charge is 0.353 e. The molecule has 25 heavy (non-hydrogen) atoms. The van der Waals surface area contributed by atoms with Gasteiger partial charge in [0.25, 0.3) is 0 Å². The molecule has 0 bridgehead atoms. The van der Waals surface area contributed by atoms with Crippen LogP contribution in [-0.2, 0) is 9.59 Å². The van der Waals surface area contributed by atoms with E-state index in [-0.39, 0.29) is 17.9 Å². The van der Waals surface area contributed by atoms with Crippen LogP contribution in [0.3, 0.4) is 0 Å². The number of nitrogens with one attached hydrogen (secondary N) is 1. The van der Waals surface area contributed by atoms with Crippen molar-refractivity contribution in [2.75, 3.05) is 52.4 Å². The third-order valence-corrected chi connectivity index (χ3v) is 5.42. The van der Waals surface area contributed by atoms with E-state index in [1.807, 2.05) is 6.92 Å². The van der Waals surface area contributed by atoms with Crippen LogP contribution in [-0.4, -0.2) is 84.9 Å². The molecule has 144 valence electrons. The van der Waals surface area contributed by atoms with Gasteiger partial charge in [-0.2, -0.15) is 0 Å². The summed E-state index contributed by atoms with van der Waals surface area (Å²) in [6.45, 7) is 10.4. The first-order valence-corrected chi connectivity index (χ1v) is 10.1. The highest BCUT2D eigenvalue weighted by atomic mass is 16.2. The lowest BCUT2D eigenvalue weighted by molar-refractivity contribution is -0.133. The number of rotatable bonds is 6. The van der Waals surface area contributed by atoms with Crippen molar-refractivity contribution in [2.45, 2.75) is 58.4 Å². The molecule has 0 saturated carbocycles. The molecule has 2 rings (SSSR count). The summed E-state index contributed by atoms with van der Waals surface area (Å²) >= 11 is 0. The van der Waals surface area contributed by atoms with Crippen molar-refractivity contribution in [3.63, 3.8) is 0 Å². The van der Waals surface area contributed by atoms with Gasteiger partial charge in [0.05, 0.1) is 13.1 Å². The van der Waals surface area contributed by atoms with Gasteiger partial charge >= 0.3 is 0 Å². The van der Waals surface area contributed by atoms with Crippen molar-refractivity contribution in [3.05, 3.63) is 0 Å². The zero-order valence-corrected chi connectivity index (χ0v) is 16.1. The molecule has 0 spiro atoms. The van der Waals surface area contributed by atoms with E-state index in [9.17, 15) is 9.59 Å². The van der Waals surface area contributed by atoms with Crippen molar-refractivity contribution < 1.29 is 9.59 Å². The van der Waals surface area contributed by atoms with Gasteiger partial charge in [0.2, 0.25) is 11.8 Å². The summed E-state index contributed by atoms with van der Waals surface area (Å²) < 4.78 is 0. The number of hydrogen-bond donors (Lipinski definition) is 1. The summed E-state index contributed by atoms with van der Waals surface area (Å²) in [5.41, 5.74) is 0. The molecular formula is C19H36N4O2. The maximum atomic E-state index is 12.6. The first kappa shape index (κ1) is 20.2. The van der Waals surface area contributed by atoms with E-state index in [2.05, 4.69) is 26.9 Å².